The number of hydrogen-bond donors (Lipinski definition) is 3. The van der Waals surface area contributed by atoms with Crippen molar-refractivity contribution in [2.45, 2.75) is 12.5 Å². The fourth-order valence-electron chi connectivity index (χ4n) is 2.87. The highest BCUT2D eigenvalue weighted by Crippen LogP contribution is 2.21. The standard InChI is InChI=1S/C22H21ClN2O3.2ClH/c23-20-11-19(12-25-13-20)21(26)14-24-10-9-15-1-3-16(4-2-15)17-5-7-18(8-6-17)22(27)28;;/h1-8,11-13,21,24,26H,9-10,14H2,(H,27,28);2*1H/t21-;;/m0../s1. The van der Waals surface area contributed by atoms with E-state index in [-0.39, 0.29) is 30.4 Å². The number of carboxylic acids is 1. The van der Waals surface area contributed by atoms with E-state index in [4.69, 9.17) is 16.7 Å². The zero-order valence-corrected chi connectivity index (χ0v) is 18.4. The molecule has 5 nitrogen and oxygen atoms in total. The van der Waals surface area contributed by atoms with E-state index in [9.17, 15) is 9.90 Å². The summed E-state index contributed by atoms with van der Waals surface area (Å²) < 4.78 is 0. The lowest BCUT2D eigenvalue weighted by Crippen LogP contribution is -2.23. The molecular weight excluding hydrogens is 447 g/mol. The fraction of sp³-hybridized carbons (Fsp3) is 0.182. The number of rotatable bonds is 8. The third kappa shape index (κ3) is 7.27. The number of carbonyl (C=O) groups is 1. The van der Waals surface area contributed by atoms with Crippen LogP contribution in [0.2, 0.25) is 5.02 Å². The van der Waals surface area contributed by atoms with Gasteiger partial charge in [0, 0.05) is 24.5 Å². The predicted molar refractivity (Wildman–Crippen MR) is 124 cm³/mol. The van der Waals surface area contributed by atoms with Gasteiger partial charge in [-0.2, -0.15) is 0 Å². The highest BCUT2D eigenvalue weighted by atomic mass is 35.5. The van der Waals surface area contributed by atoms with Crippen molar-refractivity contribution in [2.24, 2.45) is 0 Å². The van der Waals surface area contributed by atoms with Crippen LogP contribution in [0.5, 0.6) is 0 Å². The third-order valence-electron chi connectivity index (χ3n) is 4.46. The molecule has 1 aromatic heterocycles. The van der Waals surface area contributed by atoms with Crippen molar-refractivity contribution in [3.8, 4) is 11.1 Å². The second-order valence-corrected chi connectivity index (χ2v) is 6.92. The van der Waals surface area contributed by atoms with Crippen LogP contribution in [0.3, 0.4) is 0 Å². The maximum Gasteiger partial charge on any atom is 0.335 e. The summed E-state index contributed by atoms with van der Waals surface area (Å²) in [6.45, 7) is 1.16. The quantitative estimate of drug-likeness (QED) is 0.412. The van der Waals surface area contributed by atoms with Gasteiger partial charge in [0.25, 0.3) is 0 Å². The van der Waals surface area contributed by atoms with Crippen LogP contribution in [-0.4, -0.2) is 34.3 Å². The summed E-state index contributed by atoms with van der Waals surface area (Å²) in [5.41, 5.74) is 4.17. The van der Waals surface area contributed by atoms with E-state index in [1.807, 2.05) is 24.3 Å². The maximum absolute atomic E-state index is 10.9. The zero-order chi connectivity index (χ0) is 19.9. The first-order valence-corrected chi connectivity index (χ1v) is 9.32. The Labute approximate surface area is 192 Å². The van der Waals surface area contributed by atoms with Crippen LogP contribution in [0.4, 0.5) is 0 Å². The molecule has 1 heterocycles. The van der Waals surface area contributed by atoms with Gasteiger partial charge >= 0.3 is 5.97 Å². The molecule has 0 bridgehead atoms. The van der Waals surface area contributed by atoms with E-state index in [2.05, 4.69) is 22.4 Å². The second-order valence-electron chi connectivity index (χ2n) is 6.49. The molecular formula is C22H23Cl3N2O3. The summed E-state index contributed by atoms with van der Waals surface area (Å²) in [5, 5.41) is 22.9. The summed E-state index contributed by atoms with van der Waals surface area (Å²) in [5.74, 6) is -0.925. The van der Waals surface area contributed by atoms with Gasteiger partial charge in [0.1, 0.15) is 0 Å². The molecule has 0 spiro atoms. The lowest BCUT2D eigenvalue weighted by Gasteiger charge is -2.12. The largest absolute Gasteiger partial charge is 0.478 e. The van der Waals surface area contributed by atoms with Gasteiger partial charge in [-0.15, -0.1) is 24.8 Å². The summed E-state index contributed by atoms with van der Waals surface area (Å²) in [4.78, 5) is 14.9. The van der Waals surface area contributed by atoms with E-state index in [1.165, 1.54) is 11.8 Å². The number of aromatic nitrogens is 1. The van der Waals surface area contributed by atoms with Gasteiger partial charge in [-0.3, -0.25) is 4.98 Å². The molecule has 160 valence electrons. The lowest BCUT2D eigenvalue weighted by atomic mass is 10.0. The number of nitrogens with zero attached hydrogens (tertiary/aromatic N) is 1. The Morgan fingerprint density at radius 3 is 2.17 bits per heavy atom. The Bertz CT molecular complexity index is 935. The molecule has 0 unspecified atom stereocenters. The third-order valence-corrected chi connectivity index (χ3v) is 4.66. The van der Waals surface area contributed by atoms with Crippen molar-refractivity contribution in [2.75, 3.05) is 13.1 Å². The van der Waals surface area contributed by atoms with Gasteiger partial charge in [0.15, 0.2) is 0 Å². The summed E-state index contributed by atoms with van der Waals surface area (Å²) >= 11 is 5.89. The molecule has 0 aliphatic heterocycles. The molecule has 0 fully saturated rings. The number of halogens is 3. The van der Waals surface area contributed by atoms with Crippen LogP contribution in [0.25, 0.3) is 11.1 Å². The minimum Gasteiger partial charge on any atom is -0.478 e. The molecule has 2 aromatic carbocycles. The summed E-state index contributed by atoms with van der Waals surface area (Å²) in [6.07, 6.45) is 3.33. The predicted octanol–water partition coefficient (Wildman–Crippen LogP) is 4.81. The van der Waals surface area contributed by atoms with E-state index in [0.717, 1.165) is 24.1 Å². The Morgan fingerprint density at radius 2 is 1.60 bits per heavy atom. The average molecular weight is 470 g/mol. The number of pyridine rings is 1. The van der Waals surface area contributed by atoms with Gasteiger partial charge < -0.3 is 15.5 Å². The smallest absolute Gasteiger partial charge is 0.335 e. The van der Waals surface area contributed by atoms with E-state index >= 15 is 0 Å². The van der Waals surface area contributed by atoms with Gasteiger partial charge in [-0.25, -0.2) is 4.79 Å². The highest BCUT2D eigenvalue weighted by molar-refractivity contribution is 6.30. The Hall–Kier alpha value is -2.15. The van der Waals surface area contributed by atoms with E-state index in [1.54, 1.807) is 24.4 Å². The normalized spacial score (nSPS) is 11.1. The number of nitrogens with one attached hydrogen (secondary N) is 1. The Kier molecular flexibility index (Phi) is 10.8. The minimum atomic E-state index is -0.925. The molecule has 1 atom stereocenters. The van der Waals surface area contributed by atoms with Crippen molar-refractivity contribution < 1.29 is 15.0 Å². The second kappa shape index (κ2) is 12.5. The SMILES string of the molecule is Cl.Cl.O=C(O)c1ccc(-c2ccc(CCNC[C@H](O)c3cncc(Cl)c3)cc2)cc1. The van der Waals surface area contributed by atoms with Crippen molar-refractivity contribution in [3.05, 3.63) is 88.7 Å². The summed E-state index contributed by atoms with van der Waals surface area (Å²) in [7, 11) is 0. The number of aliphatic hydroxyl groups is 1. The lowest BCUT2D eigenvalue weighted by molar-refractivity contribution is 0.0697. The monoisotopic (exact) mass is 468 g/mol. The van der Waals surface area contributed by atoms with Crippen LogP contribution >= 0.6 is 36.4 Å². The minimum absolute atomic E-state index is 0. The molecule has 8 heteroatoms. The number of benzene rings is 2. The first kappa shape index (κ1) is 25.9. The van der Waals surface area contributed by atoms with Gasteiger partial charge in [0.2, 0.25) is 0 Å². The Balaban J connectivity index is 0.00000225. The molecule has 0 amide bonds. The fourth-order valence-corrected chi connectivity index (χ4v) is 3.05. The number of aliphatic hydroxyl groups excluding tert-OH is 1. The highest BCUT2D eigenvalue weighted by Gasteiger charge is 2.08. The van der Waals surface area contributed by atoms with Crippen molar-refractivity contribution in [1.82, 2.24) is 10.3 Å². The maximum atomic E-state index is 10.9. The number of aromatic carboxylic acids is 1. The molecule has 3 N–H and O–H groups in total. The van der Waals surface area contributed by atoms with Crippen molar-refractivity contribution in [1.29, 1.82) is 0 Å². The molecule has 0 saturated heterocycles. The molecule has 0 aliphatic carbocycles. The van der Waals surface area contributed by atoms with Crippen LogP contribution in [0, 0.1) is 0 Å². The van der Waals surface area contributed by atoms with E-state index < -0.39 is 12.1 Å². The molecule has 0 radical (unpaired) electrons. The topological polar surface area (TPSA) is 82.5 Å². The number of carboxylic acid groups (broad SMARTS) is 1. The van der Waals surface area contributed by atoms with Gasteiger partial charge in [0.05, 0.1) is 16.7 Å². The van der Waals surface area contributed by atoms with Crippen LogP contribution in [0.1, 0.15) is 27.6 Å². The van der Waals surface area contributed by atoms with Crippen molar-refractivity contribution in [3.63, 3.8) is 0 Å². The summed E-state index contributed by atoms with van der Waals surface area (Å²) in [6, 6.07) is 16.7. The van der Waals surface area contributed by atoms with Crippen LogP contribution in [0.15, 0.2) is 67.0 Å². The molecule has 0 aliphatic rings. The van der Waals surface area contributed by atoms with E-state index in [0.29, 0.717) is 17.1 Å². The molecule has 30 heavy (non-hydrogen) atoms. The van der Waals surface area contributed by atoms with Gasteiger partial charge in [-0.05, 0) is 47.9 Å². The molecule has 3 aromatic rings. The molecule has 3 rings (SSSR count). The Morgan fingerprint density at radius 1 is 1.00 bits per heavy atom. The van der Waals surface area contributed by atoms with Crippen molar-refractivity contribution >= 4 is 42.4 Å². The zero-order valence-electron chi connectivity index (χ0n) is 16.0. The number of hydrogen-bond acceptors (Lipinski definition) is 4. The average Bonchev–Trinajstić information content (AvgIpc) is 2.71. The van der Waals surface area contributed by atoms with Gasteiger partial charge in [-0.1, -0.05) is 48.0 Å². The molecule has 0 saturated carbocycles. The first-order chi connectivity index (χ1) is 13.5. The van der Waals surface area contributed by atoms with Crippen LogP contribution < -0.4 is 5.32 Å². The first-order valence-electron chi connectivity index (χ1n) is 8.95. The van der Waals surface area contributed by atoms with Crippen LogP contribution in [-0.2, 0) is 6.42 Å².